The van der Waals surface area contributed by atoms with E-state index in [1.807, 2.05) is 0 Å². The van der Waals surface area contributed by atoms with Gasteiger partial charge in [0.1, 0.15) is 11.8 Å². The molecule has 1 saturated carbocycles. The lowest BCUT2D eigenvalue weighted by molar-refractivity contribution is 0.0615. The minimum Gasteiger partial charge on any atom is -0.364 e. The Hall–Kier alpha value is -2.05. The third-order valence-corrected chi connectivity index (χ3v) is 4.31. The van der Waals surface area contributed by atoms with Gasteiger partial charge in [0, 0.05) is 32.1 Å². The largest absolute Gasteiger partial charge is 0.364 e. The lowest BCUT2D eigenvalue weighted by Gasteiger charge is -2.36. The average Bonchev–Trinajstić information content (AvgIpc) is 3.08. The molecule has 7 nitrogen and oxygen atoms in total. The summed E-state index contributed by atoms with van der Waals surface area (Å²) in [5, 5.41) is 6.79. The van der Waals surface area contributed by atoms with Crippen LogP contribution < -0.4 is 5.32 Å². The Morgan fingerprint density at radius 3 is 3.05 bits per heavy atom. The first kappa shape index (κ1) is 11.7. The molecule has 1 unspecified atom stereocenters. The van der Waals surface area contributed by atoms with Crippen molar-refractivity contribution in [1.29, 1.82) is 0 Å². The number of hydrogen-bond donors (Lipinski definition) is 1. The molecule has 0 bridgehead atoms. The number of hydrogen-bond acceptors (Lipinski definition) is 4. The standard InChI is InChI=1S/C13H16N4O3/c18-12(10-7-20-15-11(10)8-1-2-8)16-3-4-17-9(6-16)5-14-13(17)19/h7-9H,1-6H2,(H,14,19). The minimum absolute atomic E-state index is 0.0212. The van der Waals surface area contributed by atoms with Crippen molar-refractivity contribution in [2.45, 2.75) is 24.8 Å². The Labute approximate surface area is 115 Å². The summed E-state index contributed by atoms with van der Waals surface area (Å²) >= 11 is 0. The van der Waals surface area contributed by atoms with Crippen LogP contribution in [-0.4, -0.2) is 59.1 Å². The van der Waals surface area contributed by atoms with Crippen LogP contribution in [0.2, 0.25) is 0 Å². The smallest absolute Gasteiger partial charge is 0.317 e. The number of nitrogens with one attached hydrogen (secondary N) is 1. The molecule has 0 aromatic carbocycles. The van der Waals surface area contributed by atoms with Crippen molar-refractivity contribution in [2.75, 3.05) is 26.2 Å². The summed E-state index contributed by atoms with van der Waals surface area (Å²) < 4.78 is 4.99. The molecular formula is C13H16N4O3. The molecule has 3 aliphatic rings. The van der Waals surface area contributed by atoms with Gasteiger partial charge in [-0.25, -0.2) is 4.79 Å². The second kappa shape index (κ2) is 4.22. The maximum absolute atomic E-state index is 12.6. The van der Waals surface area contributed by atoms with Crippen LogP contribution in [0.5, 0.6) is 0 Å². The van der Waals surface area contributed by atoms with Crippen LogP contribution in [-0.2, 0) is 0 Å². The zero-order valence-corrected chi connectivity index (χ0v) is 11.0. The highest BCUT2D eigenvalue weighted by molar-refractivity contribution is 5.95. The summed E-state index contributed by atoms with van der Waals surface area (Å²) in [5.74, 6) is 0.371. The van der Waals surface area contributed by atoms with Crippen molar-refractivity contribution in [2.24, 2.45) is 0 Å². The van der Waals surface area contributed by atoms with Gasteiger partial charge in [0.05, 0.1) is 11.7 Å². The fourth-order valence-corrected chi connectivity index (χ4v) is 3.02. The molecule has 2 saturated heterocycles. The van der Waals surface area contributed by atoms with Crippen molar-refractivity contribution >= 4 is 11.9 Å². The number of carbonyl (C=O) groups is 2. The highest BCUT2D eigenvalue weighted by Gasteiger charge is 2.39. The quantitative estimate of drug-likeness (QED) is 0.848. The lowest BCUT2D eigenvalue weighted by atomic mass is 10.1. The van der Waals surface area contributed by atoms with Crippen molar-refractivity contribution in [3.05, 3.63) is 17.5 Å². The molecular weight excluding hydrogens is 260 g/mol. The molecule has 1 aromatic heterocycles. The molecule has 0 radical (unpaired) electrons. The van der Waals surface area contributed by atoms with E-state index in [0.717, 1.165) is 18.5 Å². The van der Waals surface area contributed by atoms with E-state index in [1.54, 1.807) is 9.80 Å². The first-order chi connectivity index (χ1) is 9.74. The molecule has 0 spiro atoms. The summed E-state index contributed by atoms with van der Waals surface area (Å²) in [6, 6.07) is 0.0650. The fraction of sp³-hybridized carbons (Fsp3) is 0.615. The molecule has 1 atom stereocenters. The van der Waals surface area contributed by atoms with Gasteiger partial charge in [-0.05, 0) is 12.8 Å². The van der Waals surface area contributed by atoms with E-state index in [1.165, 1.54) is 6.26 Å². The van der Waals surface area contributed by atoms with Crippen LogP contribution in [0.4, 0.5) is 4.79 Å². The maximum Gasteiger partial charge on any atom is 0.317 e. The Balaban J connectivity index is 1.51. The van der Waals surface area contributed by atoms with Crippen LogP contribution >= 0.6 is 0 Å². The third kappa shape index (κ3) is 1.76. The van der Waals surface area contributed by atoms with Gasteiger partial charge in [-0.15, -0.1) is 0 Å². The van der Waals surface area contributed by atoms with E-state index < -0.39 is 0 Å². The summed E-state index contributed by atoms with van der Waals surface area (Å²) in [7, 11) is 0. The second-order valence-electron chi connectivity index (χ2n) is 5.67. The average molecular weight is 276 g/mol. The molecule has 1 aromatic rings. The molecule has 1 N–H and O–H groups in total. The van der Waals surface area contributed by atoms with Crippen LogP contribution in [0.25, 0.3) is 0 Å². The summed E-state index contributed by atoms with van der Waals surface area (Å²) in [6.07, 6.45) is 3.63. The normalized spacial score (nSPS) is 25.6. The number of nitrogens with zero attached hydrogens (tertiary/aromatic N) is 3. The predicted octanol–water partition coefficient (Wildman–Crippen LogP) is 0.402. The zero-order chi connectivity index (χ0) is 13.7. The number of amides is 3. The van der Waals surface area contributed by atoms with Crippen LogP contribution in [0.1, 0.15) is 34.8 Å². The molecule has 4 rings (SSSR count). The van der Waals surface area contributed by atoms with Crippen LogP contribution in [0.15, 0.2) is 10.8 Å². The van der Waals surface area contributed by atoms with Crippen LogP contribution in [0, 0.1) is 0 Å². The summed E-state index contributed by atoms with van der Waals surface area (Å²) in [5.41, 5.74) is 1.40. The Bertz CT molecular complexity index is 566. The van der Waals surface area contributed by atoms with Gasteiger partial charge in [0.15, 0.2) is 0 Å². The molecule has 3 heterocycles. The minimum atomic E-state index is -0.0225. The van der Waals surface area contributed by atoms with E-state index in [2.05, 4.69) is 10.5 Å². The predicted molar refractivity (Wildman–Crippen MR) is 68.3 cm³/mol. The number of rotatable bonds is 2. The van der Waals surface area contributed by atoms with Gasteiger partial charge in [-0.3, -0.25) is 4.79 Å². The number of urea groups is 1. The molecule has 20 heavy (non-hydrogen) atoms. The number of piperazine rings is 1. The van der Waals surface area contributed by atoms with Gasteiger partial charge in [0.25, 0.3) is 5.91 Å². The number of aromatic nitrogens is 1. The monoisotopic (exact) mass is 276 g/mol. The molecule has 2 aliphatic heterocycles. The van der Waals surface area contributed by atoms with E-state index in [0.29, 0.717) is 37.7 Å². The Kier molecular flexibility index (Phi) is 2.48. The van der Waals surface area contributed by atoms with E-state index in [9.17, 15) is 9.59 Å². The van der Waals surface area contributed by atoms with E-state index >= 15 is 0 Å². The van der Waals surface area contributed by atoms with E-state index in [4.69, 9.17) is 4.52 Å². The van der Waals surface area contributed by atoms with Gasteiger partial charge >= 0.3 is 6.03 Å². The SMILES string of the molecule is O=C(c1conc1C1CC1)N1CCN2C(=O)NCC2C1. The van der Waals surface area contributed by atoms with Gasteiger partial charge < -0.3 is 19.6 Å². The summed E-state index contributed by atoms with van der Waals surface area (Å²) in [6.45, 7) is 2.35. The lowest BCUT2D eigenvalue weighted by Crippen LogP contribution is -2.53. The molecule has 106 valence electrons. The van der Waals surface area contributed by atoms with Crippen molar-refractivity contribution in [1.82, 2.24) is 20.3 Å². The highest BCUT2D eigenvalue weighted by Crippen LogP contribution is 2.41. The van der Waals surface area contributed by atoms with Crippen molar-refractivity contribution in [3.63, 3.8) is 0 Å². The maximum atomic E-state index is 12.6. The first-order valence-electron chi connectivity index (χ1n) is 7.02. The fourth-order valence-electron chi connectivity index (χ4n) is 3.02. The van der Waals surface area contributed by atoms with E-state index in [-0.39, 0.29) is 18.0 Å². The van der Waals surface area contributed by atoms with Crippen LogP contribution in [0.3, 0.4) is 0 Å². The first-order valence-corrected chi connectivity index (χ1v) is 7.02. The van der Waals surface area contributed by atoms with Crippen molar-refractivity contribution in [3.8, 4) is 0 Å². The van der Waals surface area contributed by atoms with Gasteiger partial charge in [-0.2, -0.15) is 0 Å². The Morgan fingerprint density at radius 1 is 1.40 bits per heavy atom. The molecule has 3 amide bonds. The van der Waals surface area contributed by atoms with Gasteiger partial charge in [0.2, 0.25) is 0 Å². The van der Waals surface area contributed by atoms with Crippen molar-refractivity contribution < 1.29 is 14.1 Å². The number of carbonyl (C=O) groups excluding carboxylic acids is 2. The molecule has 7 heteroatoms. The number of fused-ring (bicyclic) bond motifs is 1. The second-order valence-corrected chi connectivity index (χ2v) is 5.67. The van der Waals surface area contributed by atoms with Gasteiger partial charge in [-0.1, -0.05) is 5.16 Å². The summed E-state index contributed by atoms with van der Waals surface area (Å²) in [4.78, 5) is 27.7. The third-order valence-electron chi connectivity index (χ3n) is 4.31. The molecule has 3 fully saturated rings. The topological polar surface area (TPSA) is 78.7 Å². The Morgan fingerprint density at radius 2 is 2.25 bits per heavy atom. The highest BCUT2D eigenvalue weighted by atomic mass is 16.5. The zero-order valence-electron chi connectivity index (χ0n) is 11.0. The molecule has 1 aliphatic carbocycles.